The second kappa shape index (κ2) is 7.41. The molecule has 124 valence electrons. The molecule has 0 spiro atoms. The molecule has 0 aliphatic rings. The van der Waals surface area contributed by atoms with Gasteiger partial charge < -0.3 is 9.47 Å². The van der Waals surface area contributed by atoms with Gasteiger partial charge in [0.05, 0.1) is 13.7 Å². The van der Waals surface area contributed by atoms with Crippen molar-refractivity contribution in [1.29, 1.82) is 0 Å². The minimum absolute atomic E-state index is 0.481. The Morgan fingerprint density at radius 3 is 2.54 bits per heavy atom. The molecule has 1 heterocycles. The molecule has 0 unspecified atom stereocenters. The fraction of sp³-hybridized carbons (Fsp3) is 0.211. The van der Waals surface area contributed by atoms with Crippen LogP contribution in [0.3, 0.4) is 0 Å². The fourth-order valence-electron chi connectivity index (χ4n) is 2.41. The summed E-state index contributed by atoms with van der Waals surface area (Å²) in [6, 6.07) is 15.4. The lowest BCUT2D eigenvalue weighted by Gasteiger charge is -2.14. The number of ether oxygens (including phenoxy) is 2. The van der Waals surface area contributed by atoms with Gasteiger partial charge in [-0.25, -0.2) is 0 Å². The van der Waals surface area contributed by atoms with Crippen molar-refractivity contribution in [1.82, 2.24) is 9.78 Å². The largest absolute Gasteiger partial charge is 0.497 e. The fourth-order valence-corrected chi connectivity index (χ4v) is 2.54. The van der Waals surface area contributed by atoms with Crippen LogP contribution in [0.4, 0.5) is 0 Å². The molecule has 0 N–H and O–H groups in total. The van der Waals surface area contributed by atoms with E-state index in [1.165, 1.54) is 0 Å². The molecular weight excluding hydrogens is 324 g/mol. The molecule has 0 fully saturated rings. The monoisotopic (exact) mass is 342 g/mol. The van der Waals surface area contributed by atoms with E-state index in [2.05, 4.69) is 5.10 Å². The molecule has 2 aromatic carbocycles. The molecular formula is C19H19ClN2O2. The molecule has 24 heavy (non-hydrogen) atoms. The molecule has 3 rings (SSSR count). The lowest BCUT2D eigenvalue weighted by atomic mass is 10.1. The first-order valence-electron chi connectivity index (χ1n) is 7.68. The van der Waals surface area contributed by atoms with Crippen molar-refractivity contribution in [2.45, 2.75) is 20.1 Å². The molecule has 3 aromatic rings. The Balaban J connectivity index is 1.80. The Hall–Kier alpha value is -2.46. The highest BCUT2D eigenvalue weighted by Crippen LogP contribution is 2.26. The summed E-state index contributed by atoms with van der Waals surface area (Å²) in [6.45, 7) is 3.14. The van der Waals surface area contributed by atoms with Crippen molar-refractivity contribution in [2.75, 3.05) is 7.11 Å². The molecule has 0 radical (unpaired) electrons. The quantitative estimate of drug-likeness (QED) is 0.662. The number of methoxy groups -OCH3 is 1. The Bertz CT molecular complexity index is 812. The highest BCUT2D eigenvalue weighted by molar-refractivity contribution is 6.30. The number of hydrogen-bond donors (Lipinski definition) is 0. The lowest BCUT2D eigenvalue weighted by Crippen LogP contribution is -2.06. The number of aryl methyl sites for hydroxylation is 1. The molecule has 0 saturated carbocycles. The maximum absolute atomic E-state index is 6.01. The lowest BCUT2D eigenvalue weighted by molar-refractivity contribution is 0.301. The Labute approximate surface area is 146 Å². The number of hydrogen-bond acceptors (Lipinski definition) is 3. The maximum Gasteiger partial charge on any atom is 0.125 e. The molecule has 0 saturated heterocycles. The first-order chi connectivity index (χ1) is 11.7. The summed E-state index contributed by atoms with van der Waals surface area (Å²) in [5.74, 6) is 1.62. The molecule has 5 heteroatoms. The van der Waals surface area contributed by atoms with E-state index < -0.39 is 0 Å². The predicted molar refractivity (Wildman–Crippen MR) is 94.8 cm³/mol. The van der Waals surface area contributed by atoms with E-state index in [1.807, 2.05) is 60.1 Å². The summed E-state index contributed by atoms with van der Waals surface area (Å²) in [4.78, 5) is 0. The van der Waals surface area contributed by atoms with Crippen molar-refractivity contribution in [3.8, 4) is 11.5 Å². The standard InChI is InChI=1S/C19H19ClN2O2/c1-14-9-10-21-22(14)12-16-11-18(23-2)7-8-19(16)24-13-15-3-5-17(20)6-4-15/h3-11H,12-13H2,1-2H3. The Morgan fingerprint density at radius 1 is 1.08 bits per heavy atom. The maximum atomic E-state index is 6.01. The number of nitrogens with zero attached hydrogens (tertiary/aromatic N) is 2. The molecule has 0 bridgehead atoms. The van der Waals surface area contributed by atoms with Gasteiger partial charge in [-0.15, -0.1) is 0 Å². The van der Waals surface area contributed by atoms with Gasteiger partial charge in [0.2, 0.25) is 0 Å². The zero-order valence-corrected chi connectivity index (χ0v) is 14.5. The van der Waals surface area contributed by atoms with Crippen LogP contribution in [0.2, 0.25) is 5.02 Å². The number of aromatic nitrogens is 2. The van der Waals surface area contributed by atoms with Gasteiger partial charge in [0.1, 0.15) is 18.1 Å². The summed E-state index contributed by atoms with van der Waals surface area (Å²) in [7, 11) is 1.66. The zero-order chi connectivity index (χ0) is 16.9. The molecule has 0 aliphatic carbocycles. The average molecular weight is 343 g/mol. The van der Waals surface area contributed by atoms with Crippen molar-refractivity contribution in [3.05, 3.63) is 76.6 Å². The van der Waals surface area contributed by atoms with Gasteiger partial charge in [-0.05, 0) is 48.9 Å². The van der Waals surface area contributed by atoms with Crippen LogP contribution in [0.5, 0.6) is 11.5 Å². The van der Waals surface area contributed by atoms with Gasteiger partial charge in [0, 0.05) is 22.5 Å². The van der Waals surface area contributed by atoms with Crippen LogP contribution in [0.25, 0.3) is 0 Å². The van der Waals surface area contributed by atoms with Gasteiger partial charge in [-0.1, -0.05) is 23.7 Å². The van der Waals surface area contributed by atoms with E-state index in [0.29, 0.717) is 13.2 Å². The van der Waals surface area contributed by atoms with Crippen molar-refractivity contribution in [3.63, 3.8) is 0 Å². The number of benzene rings is 2. The van der Waals surface area contributed by atoms with Crippen LogP contribution in [0, 0.1) is 6.92 Å². The summed E-state index contributed by atoms with van der Waals surface area (Å²) >= 11 is 5.92. The van der Waals surface area contributed by atoms with E-state index in [0.717, 1.165) is 33.3 Å². The van der Waals surface area contributed by atoms with Crippen molar-refractivity contribution in [2.24, 2.45) is 0 Å². The summed E-state index contributed by atoms with van der Waals surface area (Å²) < 4.78 is 13.3. The molecule has 0 amide bonds. The van der Waals surface area contributed by atoms with E-state index in [4.69, 9.17) is 21.1 Å². The second-order valence-corrected chi connectivity index (χ2v) is 5.96. The third-order valence-corrected chi connectivity index (χ3v) is 4.08. The number of halogens is 1. The second-order valence-electron chi connectivity index (χ2n) is 5.52. The van der Waals surface area contributed by atoms with Gasteiger partial charge in [0.25, 0.3) is 0 Å². The topological polar surface area (TPSA) is 36.3 Å². The summed E-state index contributed by atoms with van der Waals surface area (Å²) in [5.41, 5.74) is 3.19. The van der Waals surface area contributed by atoms with Crippen LogP contribution < -0.4 is 9.47 Å². The summed E-state index contributed by atoms with van der Waals surface area (Å²) in [5, 5.41) is 5.06. The minimum Gasteiger partial charge on any atom is -0.497 e. The molecule has 4 nitrogen and oxygen atoms in total. The third-order valence-electron chi connectivity index (χ3n) is 3.82. The van der Waals surface area contributed by atoms with E-state index in [-0.39, 0.29) is 0 Å². The van der Waals surface area contributed by atoms with Crippen LogP contribution in [0.15, 0.2) is 54.7 Å². The van der Waals surface area contributed by atoms with Gasteiger partial charge >= 0.3 is 0 Å². The van der Waals surface area contributed by atoms with Crippen molar-refractivity contribution >= 4 is 11.6 Å². The van der Waals surface area contributed by atoms with Crippen LogP contribution in [-0.4, -0.2) is 16.9 Å². The molecule has 0 aliphatic heterocycles. The zero-order valence-electron chi connectivity index (χ0n) is 13.7. The first-order valence-corrected chi connectivity index (χ1v) is 8.06. The molecule has 0 atom stereocenters. The van der Waals surface area contributed by atoms with Crippen LogP contribution in [-0.2, 0) is 13.2 Å². The van der Waals surface area contributed by atoms with E-state index in [9.17, 15) is 0 Å². The highest BCUT2D eigenvalue weighted by Gasteiger charge is 2.09. The van der Waals surface area contributed by atoms with Gasteiger partial charge in [-0.3, -0.25) is 4.68 Å². The minimum atomic E-state index is 0.481. The predicted octanol–water partition coefficient (Wildman–Crippen LogP) is 4.48. The molecule has 1 aromatic heterocycles. The van der Waals surface area contributed by atoms with E-state index in [1.54, 1.807) is 13.3 Å². The van der Waals surface area contributed by atoms with Gasteiger partial charge in [0.15, 0.2) is 0 Å². The third kappa shape index (κ3) is 3.89. The van der Waals surface area contributed by atoms with Crippen molar-refractivity contribution < 1.29 is 9.47 Å². The SMILES string of the molecule is COc1ccc(OCc2ccc(Cl)cc2)c(Cn2nccc2C)c1. The van der Waals surface area contributed by atoms with Crippen LogP contribution in [0.1, 0.15) is 16.8 Å². The normalized spacial score (nSPS) is 10.6. The van der Waals surface area contributed by atoms with E-state index >= 15 is 0 Å². The van der Waals surface area contributed by atoms with Gasteiger partial charge in [-0.2, -0.15) is 5.10 Å². The smallest absolute Gasteiger partial charge is 0.125 e. The van der Waals surface area contributed by atoms with Crippen LogP contribution >= 0.6 is 11.6 Å². The average Bonchev–Trinajstić information content (AvgIpc) is 3.00. The highest BCUT2D eigenvalue weighted by atomic mass is 35.5. The Morgan fingerprint density at radius 2 is 1.88 bits per heavy atom. The summed E-state index contributed by atoms with van der Waals surface area (Å²) in [6.07, 6.45) is 1.80. The first kappa shape index (κ1) is 16.4. The Kier molecular flexibility index (Phi) is 5.06. The number of rotatable bonds is 6.